The summed E-state index contributed by atoms with van der Waals surface area (Å²) in [4.78, 5) is 10.6. The number of nitrogen functional groups attached to an aromatic ring is 1. The van der Waals surface area contributed by atoms with Gasteiger partial charge in [-0.3, -0.25) is 4.79 Å². The van der Waals surface area contributed by atoms with Crippen molar-refractivity contribution in [3.8, 4) is 5.75 Å². The molecule has 1 rings (SSSR count). The maximum atomic E-state index is 10.6. The molecule has 0 saturated heterocycles. The van der Waals surface area contributed by atoms with Gasteiger partial charge in [0.15, 0.2) is 0 Å². The first-order chi connectivity index (χ1) is 7.04. The van der Waals surface area contributed by atoms with Crippen LogP contribution in [0.2, 0.25) is 0 Å². The lowest BCUT2D eigenvalue weighted by atomic mass is 10.1. The van der Waals surface area contributed by atoms with E-state index in [2.05, 4.69) is 0 Å². The second-order valence-electron chi connectivity index (χ2n) is 3.19. The molecule has 0 atom stereocenters. The molecule has 1 aromatic rings. The molecule has 1 aromatic carbocycles. The molecule has 4 nitrogen and oxygen atoms in total. The van der Waals surface area contributed by atoms with Crippen LogP contribution in [-0.4, -0.2) is 13.0 Å². The molecule has 0 spiro atoms. The van der Waals surface area contributed by atoms with Gasteiger partial charge in [0.05, 0.1) is 12.8 Å². The minimum absolute atomic E-state index is 0.483. The predicted molar refractivity (Wildman–Crippen MR) is 60.4 cm³/mol. The van der Waals surface area contributed by atoms with Gasteiger partial charge in [-0.1, -0.05) is 0 Å². The van der Waals surface area contributed by atoms with Crippen molar-refractivity contribution in [2.45, 2.75) is 6.92 Å². The van der Waals surface area contributed by atoms with E-state index in [1.165, 1.54) is 6.08 Å². The smallest absolute Gasteiger partial charge is 0.241 e. The summed E-state index contributed by atoms with van der Waals surface area (Å²) in [5, 5.41) is 0. The fourth-order valence-electron chi connectivity index (χ4n) is 1.24. The summed E-state index contributed by atoms with van der Waals surface area (Å²) in [7, 11) is 1.55. The number of benzene rings is 1. The van der Waals surface area contributed by atoms with Crippen LogP contribution in [0, 0.1) is 6.92 Å². The van der Waals surface area contributed by atoms with E-state index in [-0.39, 0.29) is 0 Å². The molecule has 0 aromatic heterocycles. The van der Waals surface area contributed by atoms with Gasteiger partial charge in [0.1, 0.15) is 5.75 Å². The van der Waals surface area contributed by atoms with Crippen LogP contribution in [-0.2, 0) is 4.79 Å². The quantitative estimate of drug-likeness (QED) is 0.574. The maximum absolute atomic E-state index is 10.6. The minimum atomic E-state index is -0.483. The monoisotopic (exact) mass is 206 g/mol. The van der Waals surface area contributed by atoms with Crippen LogP contribution in [0.4, 0.5) is 5.69 Å². The van der Waals surface area contributed by atoms with Crippen LogP contribution in [0.1, 0.15) is 11.1 Å². The molecule has 1 amide bonds. The molecule has 0 aliphatic rings. The third-order valence-corrected chi connectivity index (χ3v) is 2.03. The largest absolute Gasteiger partial charge is 0.495 e. The Labute approximate surface area is 88.5 Å². The molecule has 80 valence electrons. The SMILES string of the molecule is COc1cc(C=CC(N)=O)cc(C)c1N. The number of primary amides is 1. The molecule has 4 heteroatoms. The lowest BCUT2D eigenvalue weighted by molar-refractivity contribution is -0.113. The molecule has 4 N–H and O–H groups in total. The first kappa shape index (κ1) is 11.1. The van der Waals surface area contributed by atoms with Crippen molar-refractivity contribution in [3.63, 3.8) is 0 Å². The van der Waals surface area contributed by atoms with Crippen LogP contribution in [0.5, 0.6) is 5.75 Å². The Balaban J connectivity index is 3.11. The third kappa shape index (κ3) is 2.74. The Morgan fingerprint density at radius 2 is 2.13 bits per heavy atom. The van der Waals surface area contributed by atoms with Gasteiger partial charge in [0, 0.05) is 6.08 Å². The van der Waals surface area contributed by atoms with Crippen LogP contribution >= 0.6 is 0 Å². The average molecular weight is 206 g/mol. The Morgan fingerprint density at radius 3 is 2.67 bits per heavy atom. The number of hydrogen-bond donors (Lipinski definition) is 2. The van der Waals surface area contributed by atoms with Crippen molar-refractivity contribution in [2.75, 3.05) is 12.8 Å². The van der Waals surface area contributed by atoms with E-state index in [4.69, 9.17) is 16.2 Å². The van der Waals surface area contributed by atoms with Crippen LogP contribution in [0.25, 0.3) is 6.08 Å². The number of nitrogens with two attached hydrogens (primary N) is 2. The lowest BCUT2D eigenvalue weighted by Gasteiger charge is -2.08. The Kier molecular flexibility index (Phi) is 3.33. The molecule has 0 bridgehead atoms. The van der Waals surface area contributed by atoms with Gasteiger partial charge in [0.25, 0.3) is 0 Å². The molecule has 0 saturated carbocycles. The van der Waals surface area contributed by atoms with E-state index < -0.39 is 5.91 Å². The van der Waals surface area contributed by atoms with Gasteiger partial charge < -0.3 is 16.2 Å². The first-order valence-electron chi connectivity index (χ1n) is 4.46. The molecule has 0 heterocycles. The van der Waals surface area contributed by atoms with E-state index in [0.717, 1.165) is 11.1 Å². The van der Waals surface area contributed by atoms with Gasteiger partial charge in [-0.15, -0.1) is 0 Å². The van der Waals surface area contributed by atoms with Crippen molar-refractivity contribution in [1.82, 2.24) is 0 Å². The second-order valence-corrected chi connectivity index (χ2v) is 3.19. The van der Waals surface area contributed by atoms with Gasteiger partial charge in [-0.25, -0.2) is 0 Å². The normalized spacial score (nSPS) is 10.5. The molecule has 0 radical (unpaired) electrons. The number of carbonyl (C=O) groups is 1. The highest BCUT2D eigenvalue weighted by Crippen LogP contribution is 2.27. The summed E-state index contributed by atoms with van der Waals surface area (Å²) in [5.74, 6) is 0.113. The molecule has 0 aliphatic heterocycles. The Hall–Kier alpha value is -1.97. The number of aryl methyl sites for hydroxylation is 1. The number of rotatable bonds is 3. The molecule has 0 fully saturated rings. The van der Waals surface area contributed by atoms with Crippen molar-refractivity contribution >= 4 is 17.7 Å². The average Bonchev–Trinajstić information content (AvgIpc) is 2.19. The summed E-state index contributed by atoms with van der Waals surface area (Å²) in [6, 6.07) is 3.61. The summed E-state index contributed by atoms with van der Waals surface area (Å²) >= 11 is 0. The van der Waals surface area contributed by atoms with Crippen LogP contribution in [0.3, 0.4) is 0 Å². The van der Waals surface area contributed by atoms with Crippen LogP contribution < -0.4 is 16.2 Å². The number of ether oxygens (including phenoxy) is 1. The highest BCUT2D eigenvalue weighted by atomic mass is 16.5. The zero-order valence-corrected chi connectivity index (χ0v) is 8.78. The second kappa shape index (κ2) is 4.50. The number of methoxy groups -OCH3 is 1. The number of anilines is 1. The van der Waals surface area contributed by atoms with Crippen molar-refractivity contribution in [1.29, 1.82) is 0 Å². The minimum Gasteiger partial charge on any atom is -0.495 e. The summed E-state index contributed by atoms with van der Waals surface area (Å²) in [6.07, 6.45) is 2.92. The molecule has 0 unspecified atom stereocenters. The summed E-state index contributed by atoms with van der Waals surface area (Å²) in [6.45, 7) is 1.87. The Morgan fingerprint density at radius 1 is 1.47 bits per heavy atom. The van der Waals surface area contributed by atoms with E-state index in [1.54, 1.807) is 19.3 Å². The number of amides is 1. The fourth-order valence-corrected chi connectivity index (χ4v) is 1.24. The number of hydrogen-bond acceptors (Lipinski definition) is 3. The van der Waals surface area contributed by atoms with Gasteiger partial charge in [0.2, 0.25) is 5.91 Å². The molecule has 0 aliphatic carbocycles. The third-order valence-electron chi connectivity index (χ3n) is 2.03. The van der Waals surface area contributed by atoms with Gasteiger partial charge in [-0.2, -0.15) is 0 Å². The van der Waals surface area contributed by atoms with E-state index in [9.17, 15) is 4.79 Å². The van der Waals surface area contributed by atoms with E-state index >= 15 is 0 Å². The van der Waals surface area contributed by atoms with Crippen molar-refractivity contribution in [2.24, 2.45) is 5.73 Å². The fraction of sp³-hybridized carbons (Fsp3) is 0.182. The van der Waals surface area contributed by atoms with Gasteiger partial charge in [-0.05, 0) is 36.3 Å². The summed E-state index contributed by atoms with van der Waals surface area (Å²) in [5.41, 5.74) is 13.1. The zero-order valence-electron chi connectivity index (χ0n) is 8.78. The standard InChI is InChI=1S/C11H14N2O2/c1-7-5-8(3-4-10(12)14)6-9(15-2)11(7)13/h3-6H,13H2,1-2H3,(H2,12,14). The zero-order chi connectivity index (χ0) is 11.4. The van der Waals surface area contributed by atoms with Crippen molar-refractivity contribution < 1.29 is 9.53 Å². The highest BCUT2D eigenvalue weighted by molar-refractivity contribution is 5.90. The predicted octanol–water partition coefficient (Wildman–Crippen LogP) is 1.08. The van der Waals surface area contributed by atoms with Crippen molar-refractivity contribution in [3.05, 3.63) is 29.3 Å². The molecular formula is C11H14N2O2. The molecular weight excluding hydrogens is 192 g/mol. The van der Waals surface area contributed by atoms with E-state index in [1.807, 2.05) is 13.0 Å². The highest BCUT2D eigenvalue weighted by Gasteiger charge is 2.03. The number of carbonyl (C=O) groups excluding carboxylic acids is 1. The van der Waals surface area contributed by atoms with Gasteiger partial charge >= 0.3 is 0 Å². The van der Waals surface area contributed by atoms with E-state index in [0.29, 0.717) is 11.4 Å². The summed E-state index contributed by atoms with van der Waals surface area (Å²) < 4.78 is 5.10. The molecule has 15 heavy (non-hydrogen) atoms. The topological polar surface area (TPSA) is 78.3 Å². The lowest BCUT2D eigenvalue weighted by Crippen LogP contribution is -2.05. The van der Waals surface area contributed by atoms with Crippen LogP contribution in [0.15, 0.2) is 18.2 Å². The first-order valence-corrected chi connectivity index (χ1v) is 4.46. The maximum Gasteiger partial charge on any atom is 0.241 e. The Bertz CT molecular complexity index is 411.